The van der Waals surface area contributed by atoms with Crippen LogP contribution in [-0.4, -0.2) is 15.1 Å². The Morgan fingerprint density at radius 3 is 2.86 bits per heavy atom. The molecule has 4 heteroatoms. The molecule has 0 aliphatic rings. The predicted molar refractivity (Wildman–Crippen MR) is 54.5 cm³/mol. The molecule has 0 saturated heterocycles. The average molecular weight is 204 g/mol. The number of pyridine rings is 1. The van der Waals surface area contributed by atoms with E-state index in [9.17, 15) is 4.79 Å². The highest BCUT2D eigenvalue weighted by atomic mass is 32.1. The van der Waals surface area contributed by atoms with E-state index in [2.05, 4.69) is 9.36 Å². The minimum absolute atomic E-state index is 0.0591. The van der Waals surface area contributed by atoms with Gasteiger partial charge in [0.2, 0.25) is 5.78 Å². The van der Waals surface area contributed by atoms with Gasteiger partial charge in [0.15, 0.2) is 0 Å². The maximum Gasteiger partial charge on any atom is 0.222 e. The second-order valence-corrected chi connectivity index (χ2v) is 3.68. The van der Waals surface area contributed by atoms with Gasteiger partial charge < -0.3 is 0 Å². The van der Waals surface area contributed by atoms with Gasteiger partial charge in [0.25, 0.3) is 0 Å². The lowest BCUT2D eigenvalue weighted by atomic mass is 10.2. The molecule has 0 atom stereocenters. The van der Waals surface area contributed by atoms with E-state index >= 15 is 0 Å². The van der Waals surface area contributed by atoms with Gasteiger partial charge in [-0.3, -0.25) is 9.78 Å². The number of nitrogens with zero attached hydrogens (tertiary/aromatic N) is 2. The Hall–Kier alpha value is -1.55. The first-order chi connectivity index (χ1) is 6.77. The lowest BCUT2D eigenvalue weighted by molar-refractivity contribution is 0.103. The number of rotatable bonds is 2. The summed E-state index contributed by atoms with van der Waals surface area (Å²) in [4.78, 5) is 16.4. The van der Waals surface area contributed by atoms with E-state index in [-0.39, 0.29) is 5.78 Å². The van der Waals surface area contributed by atoms with Crippen LogP contribution in [0.1, 0.15) is 21.1 Å². The summed E-state index contributed by atoms with van der Waals surface area (Å²) in [5.41, 5.74) is 1.34. The molecular weight excluding hydrogens is 196 g/mol. The summed E-state index contributed by atoms with van der Waals surface area (Å²) >= 11 is 1.21. The van der Waals surface area contributed by atoms with Crippen molar-refractivity contribution in [3.05, 3.63) is 46.7 Å². The van der Waals surface area contributed by atoms with E-state index in [1.54, 1.807) is 30.5 Å². The van der Waals surface area contributed by atoms with Crippen LogP contribution in [0.3, 0.4) is 0 Å². The molecule has 0 fully saturated rings. The van der Waals surface area contributed by atoms with Crippen LogP contribution < -0.4 is 0 Å². The lowest BCUT2D eigenvalue weighted by Gasteiger charge is -1.93. The van der Waals surface area contributed by atoms with Gasteiger partial charge in [-0.15, -0.1) is 0 Å². The number of aromatic nitrogens is 2. The maximum atomic E-state index is 11.8. The van der Waals surface area contributed by atoms with Crippen LogP contribution in [0.15, 0.2) is 30.5 Å². The Kier molecular flexibility index (Phi) is 2.37. The van der Waals surface area contributed by atoms with Crippen molar-refractivity contribution in [3.63, 3.8) is 0 Å². The van der Waals surface area contributed by atoms with Crippen molar-refractivity contribution < 1.29 is 4.79 Å². The van der Waals surface area contributed by atoms with E-state index in [0.29, 0.717) is 10.6 Å². The predicted octanol–water partition coefficient (Wildman–Crippen LogP) is 2.08. The highest BCUT2D eigenvalue weighted by Crippen LogP contribution is 2.13. The van der Waals surface area contributed by atoms with Gasteiger partial charge in [-0.1, -0.05) is 6.07 Å². The van der Waals surface area contributed by atoms with Crippen LogP contribution in [0.25, 0.3) is 0 Å². The number of carbonyl (C=O) groups excluding carboxylic acids is 1. The lowest BCUT2D eigenvalue weighted by Crippen LogP contribution is -2.00. The molecule has 0 aliphatic carbocycles. The smallest absolute Gasteiger partial charge is 0.222 e. The van der Waals surface area contributed by atoms with Crippen molar-refractivity contribution in [1.29, 1.82) is 0 Å². The summed E-state index contributed by atoms with van der Waals surface area (Å²) in [7, 11) is 0. The molecular formula is C10H8N2OS. The van der Waals surface area contributed by atoms with Gasteiger partial charge in [0.05, 0.1) is 10.6 Å². The SMILES string of the molecule is Cc1cc(C(=O)c2ccccn2)sn1. The summed E-state index contributed by atoms with van der Waals surface area (Å²) in [5.74, 6) is -0.0591. The van der Waals surface area contributed by atoms with Crippen molar-refractivity contribution in [2.24, 2.45) is 0 Å². The standard InChI is InChI=1S/C10H8N2OS/c1-7-6-9(14-12-7)10(13)8-4-2-3-5-11-8/h2-6H,1H3. The fraction of sp³-hybridized carbons (Fsp3) is 0.100. The van der Waals surface area contributed by atoms with Gasteiger partial charge in [-0.25, -0.2) is 0 Å². The maximum absolute atomic E-state index is 11.8. The van der Waals surface area contributed by atoms with Crippen LogP contribution in [0.4, 0.5) is 0 Å². The molecule has 0 aromatic carbocycles. The summed E-state index contributed by atoms with van der Waals surface area (Å²) in [6.45, 7) is 1.87. The molecule has 0 saturated carbocycles. The fourth-order valence-corrected chi connectivity index (χ4v) is 1.80. The quantitative estimate of drug-likeness (QED) is 0.703. The summed E-state index contributed by atoms with van der Waals surface area (Å²) < 4.78 is 4.06. The zero-order chi connectivity index (χ0) is 9.97. The molecule has 2 heterocycles. The Balaban J connectivity index is 2.34. The zero-order valence-corrected chi connectivity index (χ0v) is 8.41. The minimum atomic E-state index is -0.0591. The van der Waals surface area contributed by atoms with Crippen molar-refractivity contribution in [2.45, 2.75) is 6.92 Å². The molecule has 2 aromatic rings. The second kappa shape index (κ2) is 3.67. The third-order valence-electron chi connectivity index (χ3n) is 1.75. The highest BCUT2D eigenvalue weighted by Gasteiger charge is 2.12. The van der Waals surface area contributed by atoms with Crippen molar-refractivity contribution >= 4 is 17.3 Å². The van der Waals surface area contributed by atoms with Crippen molar-refractivity contribution in [2.75, 3.05) is 0 Å². The van der Waals surface area contributed by atoms with Crippen LogP contribution in [-0.2, 0) is 0 Å². The van der Waals surface area contributed by atoms with E-state index in [1.807, 2.05) is 6.92 Å². The van der Waals surface area contributed by atoms with Gasteiger partial charge in [-0.2, -0.15) is 4.37 Å². The monoisotopic (exact) mass is 204 g/mol. The van der Waals surface area contributed by atoms with E-state index in [0.717, 1.165) is 5.69 Å². The van der Waals surface area contributed by atoms with Gasteiger partial charge in [-0.05, 0) is 36.7 Å². The molecule has 0 aliphatic heterocycles. The molecule has 2 rings (SSSR count). The first-order valence-corrected chi connectivity index (χ1v) is 4.94. The first-order valence-electron chi connectivity index (χ1n) is 4.16. The third kappa shape index (κ3) is 1.70. The molecule has 0 spiro atoms. The van der Waals surface area contributed by atoms with E-state index in [4.69, 9.17) is 0 Å². The highest BCUT2D eigenvalue weighted by molar-refractivity contribution is 7.08. The largest absolute Gasteiger partial charge is 0.286 e. The molecule has 2 aromatic heterocycles. The molecule has 0 radical (unpaired) electrons. The summed E-state index contributed by atoms with van der Waals surface area (Å²) in [5, 5.41) is 0. The molecule has 0 bridgehead atoms. The first kappa shape index (κ1) is 9.02. The Bertz CT molecular complexity index is 450. The third-order valence-corrected chi connectivity index (χ3v) is 2.63. The zero-order valence-electron chi connectivity index (χ0n) is 7.60. The normalized spacial score (nSPS) is 10.1. The molecule has 0 N–H and O–H groups in total. The number of ketones is 1. The molecule has 70 valence electrons. The Morgan fingerprint density at radius 1 is 1.43 bits per heavy atom. The summed E-state index contributed by atoms with van der Waals surface area (Å²) in [6.07, 6.45) is 1.61. The fourth-order valence-electron chi connectivity index (χ4n) is 1.09. The number of hydrogen-bond acceptors (Lipinski definition) is 4. The molecule has 0 amide bonds. The Labute approximate surface area is 85.6 Å². The molecule has 3 nitrogen and oxygen atoms in total. The van der Waals surface area contributed by atoms with E-state index in [1.165, 1.54) is 11.5 Å². The second-order valence-electron chi connectivity index (χ2n) is 2.88. The van der Waals surface area contributed by atoms with Crippen LogP contribution in [0, 0.1) is 6.92 Å². The summed E-state index contributed by atoms with van der Waals surface area (Å²) in [6, 6.07) is 7.07. The number of carbonyl (C=O) groups is 1. The molecule has 14 heavy (non-hydrogen) atoms. The molecule has 0 unspecified atom stereocenters. The topological polar surface area (TPSA) is 42.9 Å². The van der Waals surface area contributed by atoms with Crippen molar-refractivity contribution in [3.8, 4) is 0 Å². The van der Waals surface area contributed by atoms with Gasteiger partial charge in [0.1, 0.15) is 5.69 Å². The van der Waals surface area contributed by atoms with Gasteiger partial charge in [0, 0.05) is 6.20 Å². The number of aryl methyl sites for hydroxylation is 1. The van der Waals surface area contributed by atoms with E-state index < -0.39 is 0 Å². The average Bonchev–Trinajstić information content (AvgIpc) is 2.65. The Morgan fingerprint density at radius 2 is 2.29 bits per heavy atom. The van der Waals surface area contributed by atoms with Crippen LogP contribution >= 0.6 is 11.5 Å². The minimum Gasteiger partial charge on any atom is -0.286 e. The van der Waals surface area contributed by atoms with Crippen LogP contribution in [0.2, 0.25) is 0 Å². The number of hydrogen-bond donors (Lipinski definition) is 0. The van der Waals surface area contributed by atoms with Crippen LogP contribution in [0.5, 0.6) is 0 Å². The van der Waals surface area contributed by atoms with Crippen molar-refractivity contribution in [1.82, 2.24) is 9.36 Å². The van der Waals surface area contributed by atoms with Gasteiger partial charge >= 0.3 is 0 Å².